The molecule has 0 heterocycles. The molecule has 0 amide bonds. The van der Waals surface area contributed by atoms with Crippen molar-refractivity contribution in [2.45, 2.75) is 13.8 Å². The predicted molar refractivity (Wildman–Crippen MR) is 120 cm³/mol. The number of halogens is 1. The Hall–Kier alpha value is -3.03. The molecule has 0 bridgehead atoms. The van der Waals surface area contributed by atoms with Gasteiger partial charge in [0.25, 0.3) is 0 Å². The summed E-state index contributed by atoms with van der Waals surface area (Å²) in [6, 6.07) is 37.5. The van der Waals surface area contributed by atoms with Gasteiger partial charge in [0.2, 0.25) is 0 Å². The van der Waals surface area contributed by atoms with Gasteiger partial charge in [-0.05, 0) is 50.2 Å². The first-order valence-corrected chi connectivity index (χ1v) is 9.53. The van der Waals surface area contributed by atoms with E-state index in [4.69, 9.17) is 16.3 Å². The molecular formula is C26H25ClO. The van der Waals surface area contributed by atoms with Gasteiger partial charge in [-0.3, -0.25) is 0 Å². The fraction of sp³-hybridized carbons (Fsp3) is 0.0769. The number of benzene rings is 4. The molecule has 0 fully saturated rings. The van der Waals surface area contributed by atoms with Crippen molar-refractivity contribution < 1.29 is 4.74 Å². The average Bonchev–Trinajstić information content (AvgIpc) is 2.73. The summed E-state index contributed by atoms with van der Waals surface area (Å²) in [7, 11) is 0. The molecule has 4 aromatic carbocycles. The first-order valence-electron chi connectivity index (χ1n) is 9.15. The third-order valence-corrected chi connectivity index (χ3v) is 3.93. The summed E-state index contributed by atoms with van der Waals surface area (Å²) >= 11 is 5.54. The van der Waals surface area contributed by atoms with Crippen LogP contribution in [0.25, 0.3) is 0 Å². The van der Waals surface area contributed by atoms with E-state index in [2.05, 4.69) is 26.0 Å². The van der Waals surface area contributed by atoms with Crippen molar-refractivity contribution in [3.05, 3.63) is 131 Å². The van der Waals surface area contributed by atoms with E-state index in [1.165, 1.54) is 11.1 Å². The van der Waals surface area contributed by atoms with Gasteiger partial charge in [-0.1, -0.05) is 102 Å². The SMILES string of the molecule is Cc1ccc(Oc2ccccc2)cc1.Cc1ccccc1.Clc1ccccc1. The smallest absolute Gasteiger partial charge is 0.127 e. The second kappa shape index (κ2) is 12.4. The van der Waals surface area contributed by atoms with Gasteiger partial charge in [-0.2, -0.15) is 0 Å². The molecule has 0 aliphatic heterocycles. The van der Waals surface area contributed by atoms with Gasteiger partial charge in [0.1, 0.15) is 11.5 Å². The molecule has 1 nitrogen and oxygen atoms in total. The third-order valence-electron chi connectivity index (χ3n) is 3.67. The molecule has 0 radical (unpaired) electrons. The largest absolute Gasteiger partial charge is 0.457 e. The normalized spacial score (nSPS) is 9.25. The molecule has 28 heavy (non-hydrogen) atoms. The van der Waals surface area contributed by atoms with Gasteiger partial charge in [-0.15, -0.1) is 0 Å². The van der Waals surface area contributed by atoms with Crippen LogP contribution in [0.5, 0.6) is 11.5 Å². The minimum Gasteiger partial charge on any atom is -0.457 e. The van der Waals surface area contributed by atoms with Gasteiger partial charge in [0.15, 0.2) is 0 Å². The quantitative estimate of drug-likeness (QED) is 0.337. The van der Waals surface area contributed by atoms with Crippen molar-refractivity contribution in [2.24, 2.45) is 0 Å². The second-order valence-corrected chi connectivity index (χ2v) is 6.61. The molecule has 0 atom stereocenters. The van der Waals surface area contributed by atoms with E-state index in [0.29, 0.717) is 0 Å². The highest BCUT2D eigenvalue weighted by molar-refractivity contribution is 6.30. The Bertz CT molecular complexity index is 852. The van der Waals surface area contributed by atoms with Crippen LogP contribution in [-0.2, 0) is 0 Å². The molecule has 0 saturated heterocycles. The molecule has 0 unspecified atom stereocenters. The van der Waals surface area contributed by atoms with Gasteiger partial charge in [0.05, 0.1) is 0 Å². The van der Waals surface area contributed by atoms with E-state index in [-0.39, 0.29) is 0 Å². The van der Waals surface area contributed by atoms with Crippen LogP contribution in [0.15, 0.2) is 115 Å². The predicted octanol–water partition coefficient (Wildman–Crippen LogP) is 8.12. The van der Waals surface area contributed by atoms with Gasteiger partial charge in [0, 0.05) is 5.02 Å². The van der Waals surface area contributed by atoms with Crippen molar-refractivity contribution in [2.75, 3.05) is 0 Å². The van der Waals surface area contributed by atoms with Crippen molar-refractivity contribution in [1.29, 1.82) is 0 Å². The lowest BCUT2D eigenvalue weighted by Crippen LogP contribution is -1.82. The maximum absolute atomic E-state index is 5.63. The first-order chi connectivity index (χ1) is 13.6. The third kappa shape index (κ3) is 9.07. The fourth-order valence-electron chi connectivity index (χ4n) is 2.18. The molecule has 0 N–H and O–H groups in total. The molecule has 0 saturated carbocycles. The Morgan fingerprint density at radius 3 is 1.25 bits per heavy atom. The summed E-state index contributed by atoms with van der Waals surface area (Å²) in [4.78, 5) is 0. The zero-order valence-corrected chi connectivity index (χ0v) is 17.0. The minimum absolute atomic E-state index is 0.794. The summed E-state index contributed by atoms with van der Waals surface area (Å²) in [5.74, 6) is 1.75. The lowest BCUT2D eigenvalue weighted by Gasteiger charge is -2.04. The van der Waals surface area contributed by atoms with Crippen LogP contribution in [0.2, 0.25) is 5.02 Å². The van der Waals surface area contributed by atoms with Crippen LogP contribution in [-0.4, -0.2) is 0 Å². The molecule has 2 heteroatoms. The number of aryl methyl sites for hydroxylation is 2. The maximum Gasteiger partial charge on any atom is 0.127 e. The summed E-state index contributed by atoms with van der Waals surface area (Å²) in [6.45, 7) is 4.15. The second-order valence-electron chi connectivity index (χ2n) is 6.18. The number of hydrogen-bond donors (Lipinski definition) is 0. The lowest BCUT2D eigenvalue weighted by molar-refractivity contribution is 0.482. The molecule has 4 rings (SSSR count). The van der Waals surface area contributed by atoms with Crippen LogP contribution in [0.4, 0.5) is 0 Å². The molecular weight excluding hydrogens is 364 g/mol. The number of hydrogen-bond acceptors (Lipinski definition) is 1. The standard InChI is InChI=1S/C13H12O.C7H8.C6H5Cl/c1-11-7-9-13(10-8-11)14-12-5-3-2-4-6-12;1-7-5-3-2-4-6-7;7-6-4-2-1-3-5-6/h2-10H,1H3;2-6H,1H3;1-5H. The van der Waals surface area contributed by atoms with Crippen LogP contribution in [0.1, 0.15) is 11.1 Å². The Labute approximate surface area is 173 Å². The summed E-state index contributed by atoms with van der Waals surface area (Å²) in [6.07, 6.45) is 0. The number of para-hydroxylation sites is 1. The summed E-state index contributed by atoms with van der Waals surface area (Å²) in [5, 5.41) is 0.794. The molecule has 0 aliphatic carbocycles. The van der Waals surface area contributed by atoms with Crippen molar-refractivity contribution >= 4 is 11.6 Å². The average molecular weight is 389 g/mol. The van der Waals surface area contributed by atoms with E-state index in [0.717, 1.165) is 16.5 Å². The van der Waals surface area contributed by atoms with Gasteiger partial charge < -0.3 is 4.74 Å². The van der Waals surface area contributed by atoms with Gasteiger partial charge >= 0.3 is 0 Å². The molecule has 0 aliphatic rings. The monoisotopic (exact) mass is 388 g/mol. The Balaban J connectivity index is 0.000000168. The van der Waals surface area contributed by atoms with E-state index in [1.807, 2.05) is 103 Å². The summed E-state index contributed by atoms with van der Waals surface area (Å²) < 4.78 is 5.63. The van der Waals surface area contributed by atoms with Crippen molar-refractivity contribution in [1.82, 2.24) is 0 Å². The lowest BCUT2D eigenvalue weighted by atomic mass is 10.2. The van der Waals surface area contributed by atoms with E-state index in [1.54, 1.807) is 0 Å². The molecule has 0 spiro atoms. The zero-order chi connectivity index (χ0) is 20.0. The van der Waals surface area contributed by atoms with Crippen LogP contribution in [0, 0.1) is 13.8 Å². The topological polar surface area (TPSA) is 9.23 Å². The van der Waals surface area contributed by atoms with E-state index in [9.17, 15) is 0 Å². The Morgan fingerprint density at radius 1 is 0.464 bits per heavy atom. The molecule has 4 aromatic rings. The van der Waals surface area contributed by atoms with Crippen molar-refractivity contribution in [3.8, 4) is 11.5 Å². The summed E-state index contributed by atoms with van der Waals surface area (Å²) in [5.41, 5.74) is 2.56. The molecule has 0 aromatic heterocycles. The molecule has 142 valence electrons. The first kappa shape index (κ1) is 21.3. The van der Waals surface area contributed by atoms with E-state index < -0.39 is 0 Å². The van der Waals surface area contributed by atoms with E-state index >= 15 is 0 Å². The Kier molecular flexibility index (Phi) is 9.40. The van der Waals surface area contributed by atoms with Crippen LogP contribution < -0.4 is 4.74 Å². The minimum atomic E-state index is 0.794. The highest BCUT2D eigenvalue weighted by Gasteiger charge is 1.94. The number of rotatable bonds is 2. The zero-order valence-electron chi connectivity index (χ0n) is 16.3. The fourth-order valence-corrected chi connectivity index (χ4v) is 2.33. The van der Waals surface area contributed by atoms with Crippen molar-refractivity contribution in [3.63, 3.8) is 0 Å². The van der Waals surface area contributed by atoms with Crippen LogP contribution in [0.3, 0.4) is 0 Å². The number of ether oxygens (including phenoxy) is 1. The highest BCUT2D eigenvalue weighted by Crippen LogP contribution is 2.20. The Morgan fingerprint density at radius 2 is 0.857 bits per heavy atom. The maximum atomic E-state index is 5.63. The van der Waals surface area contributed by atoms with Gasteiger partial charge in [-0.25, -0.2) is 0 Å². The van der Waals surface area contributed by atoms with Crippen LogP contribution >= 0.6 is 11.6 Å². The highest BCUT2D eigenvalue weighted by atomic mass is 35.5.